The molecule has 0 aromatic heterocycles. The van der Waals surface area contributed by atoms with Crippen molar-refractivity contribution < 1.29 is 14.4 Å². The maximum atomic E-state index is 12.8. The van der Waals surface area contributed by atoms with Crippen LogP contribution in [0.2, 0.25) is 0 Å². The number of hydrogen-bond acceptors (Lipinski definition) is 5. The molecule has 0 saturated carbocycles. The lowest BCUT2D eigenvalue weighted by atomic mass is 10.0. The van der Waals surface area contributed by atoms with Gasteiger partial charge in [0, 0.05) is 37.2 Å². The molecule has 0 bridgehead atoms. The Morgan fingerprint density at radius 3 is 2.69 bits per heavy atom. The minimum absolute atomic E-state index is 0.141. The van der Waals surface area contributed by atoms with Crippen LogP contribution in [0, 0.1) is 0 Å². The zero-order valence-corrected chi connectivity index (χ0v) is 15.5. The quantitative estimate of drug-likeness (QED) is 0.752. The predicted octanol–water partition coefficient (Wildman–Crippen LogP) is 0.617. The van der Waals surface area contributed by atoms with Gasteiger partial charge in [-0.15, -0.1) is 0 Å². The van der Waals surface area contributed by atoms with Crippen LogP contribution in [0.5, 0.6) is 0 Å². The molecule has 26 heavy (non-hydrogen) atoms. The van der Waals surface area contributed by atoms with Gasteiger partial charge < -0.3 is 15.5 Å². The van der Waals surface area contributed by atoms with Crippen LogP contribution in [0.3, 0.4) is 0 Å². The second-order valence-corrected chi connectivity index (χ2v) is 8.05. The van der Waals surface area contributed by atoms with Crippen molar-refractivity contribution in [1.82, 2.24) is 15.1 Å². The van der Waals surface area contributed by atoms with E-state index < -0.39 is 6.04 Å². The zero-order valence-electron chi connectivity index (χ0n) is 15.5. The van der Waals surface area contributed by atoms with E-state index in [1.54, 1.807) is 4.90 Å². The standard InChI is InChI=1S/C19H26N4O3/c1-19(2,20)11-22(3)9-12-4-5-13-10-23(18(26)14(13)8-12)15-6-7-16(24)21-17(15)25/h4-5,8,15H,6-7,9-11,20H2,1-3H3,(H,21,24,25). The Bertz CT molecular complexity index is 754. The molecule has 3 N–H and O–H groups in total. The number of piperidine rings is 1. The van der Waals surface area contributed by atoms with Crippen molar-refractivity contribution in [2.24, 2.45) is 5.73 Å². The van der Waals surface area contributed by atoms with Crippen molar-refractivity contribution >= 4 is 17.7 Å². The molecule has 1 unspecified atom stereocenters. The summed E-state index contributed by atoms with van der Waals surface area (Å²) in [5, 5.41) is 2.32. The molecule has 1 aromatic rings. The number of hydrogen-bond donors (Lipinski definition) is 2. The van der Waals surface area contributed by atoms with Gasteiger partial charge in [-0.25, -0.2) is 0 Å². The normalized spacial score (nSPS) is 20.6. The highest BCUT2D eigenvalue weighted by atomic mass is 16.2. The summed E-state index contributed by atoms with van der Waals surface area (Å²) in [5.74, 6) is -0.797. The molecule has 3 amide bonds. The first-order valence-corrected chi connectivity index (χ1v) is 8.88. The van der Waals surface area contributed by atoms with Gasteiger partial charge >= 0.3 is 0 Å². The number of nitrogens with two attached hydrogens (primary N) is 1. The number of rotatable bonds is 5. The number of fused-ring (bicyclic) bond motifs is 1. The molecule has 1 atom stereocenters. The monoisotopic (exact) mass is 358 g/mol. The molecule has 0 spiro atoms. The minimum atomic E-state index is -0.572. The summed E-state index contributed by atoms with van der Waals surface area (Å²) in [6, 6.07) is 5.30. The zero-order chi connectivity index (χ0) is 19.1. The van der Waals surface area contributed by atoms with Crippen LogP contribution in [-0.4, -0.2) is 52.7 Å². The Morgan fingerprint density at radius 2 is 2.04 bits per heavy atom. The first-order chi connectivity index (χ1) is 12.1. The van der Waals surface area contributed by atoms with Gasteiger partial charge in [0.05, 0.1) is 0 Å². The molecule has 1 saturated heterocycles. The van der Waals surface area contributed by atoms with Gasteiger partial charge in [0.2, 0.25) is 11.8 Å². The number of carbonyl (C=O) groups is 3. The smallest absolute Gasteiger partial charge is 0.255 e. The first-order valence-electron chi connectivity index (χ1n) is 8.88. The summed E-state index contributed by atoms with van der Waals surface area (Å²) in [4.78, 5) is 39.9. The SMILES string of the molecule is CN(Cc1ccc2c(c1)C(=O)N(C1CCC(=O)NC1=O)C2)CC(C)(C)N. The molecule has 2 heterocycles. The third kappa shape index (κ3) is 3.94. The second-order valence-electron chi connectivity index (χ2n) is 8.05. The summed E-state index contributed by atoms with van der Waals surface area (Å²) < 4.78 is 0. The van der Waals surface area contributed by atoms with Crippen LogP contribution >= 0.6 is 0 Å². The molecule has 1 fully saturated rings. The van der Waals surface area contributed by atoms with Gasteiger partial charge in [-0.05, 0) is 44.5 Å². The van der Waals surface area contributed by atoms with Crippen molar-refractivity contribution in [2.75, 3.05) is 13.6 Å². The number of nitrogens with one attached hydrogen (secondary N) is 1. The Labute approximate surface area is 153 Å². The van der Waals surface area contributed by atoms with Gasteiger partial charge in [0.15, 0.2) is 0 Å². The van der Waals surface area contributed by atoms with Crippen LogP contribution in [-0.2, 0) is 22.7 Å². The molecule has 7 nitrogen and oxygen atoms in total. The summed E-state index contributed by atoms with van der Waals surface area (Å²) in [6.45, 7) is 5.80. The van der Waals surface area contributed by atoms with Gasteiger partial charge in [0.1, 0.15) is 6.04 Å². The molecule has 3 rings (SSSR count). The summed E-state index contributed by atoms with van der Waals surface area (Å²) in [6.07, 6.45) is 0.646. The number of benzene rings is 1. The average Bonchev–Trinajstić information content (AvgIpc) is 2.82. The highest BCUT2D eigenvalue weighted by Gasteiger charge is 2.39. The van der Waals surface area contributed by atoms with Gasteiger partial charge in [-0.2, -0.15) is 0 Å². The minimum Gasteiger partial charge on any atom is -0.324 e. The molecule has 0 radical (unpaired) electrons. The van der Waals surface area contributed by atoms with E-state index in [1.165, 1.54) is 0 Å². The van der Waals surface area contributed by atoms with E-state index in [4.69, 9.17) is 5.73 Å². The van der Waals surface area contributed by atoms with E-state index in [2.05, 4.69) is 10.2 Å². The average molecular weight is 358 g/mol. The number of carbonyl (C=O) groups excluding carboxylic acids is 3. The number of likely N-dealkylation sites (N-methyl/N-ethyl adjacent to an activating group) is 1. The van der Waals surface area contributed by atoms with Crippen molar-refractivity contribution in [2.45, 2.75) is 51.4 Å². The lowest BCUT2D eigenvalue weighted by Crippen LogP contribution is -2.52. The highest BCUT2D eigenvalue weighted by molar-refractivity contribution is 6.05. The van der Waals surface area contributed by atoms with Crippen LogP contribution in [0.25, 0.3) is 0 Å². The Kier molecular flexibility index (Phi) is 4.86. The van der Waals surface area contributed by atoms with Crippen LogP contribution < -0.4 is 11.1 Å². The maximum absolute atomic E-state index is 12.8. The van der Waals surface area contributed by atoms with Crippen molar-refractivity contribution in [1.29, 1.82) is 0 Å². The van der Waals surface area contributed by atoms with Crippen LogP contribution in [0.15, 0.2) is 18.2 Å². The molecule has 2 aliphatic rings. The largest absolute Gasteiger partial charge is 0.324 e. The lowest BCUT2D eigenvalue weighted by molar-refractivity contribution is -0.136. The Balaban J connectivity index is 1.73. The molecular formula is C19H26N4O3. The fourth-order valence-electron chi connectivity index (χ4n) is 3.76. The molecule has 2 aliphatic heterocycles. The first kappa shape index (κ1) is 18.5. The van der Waals surface area contributed by atoms with E-state index in [1.807, 2.05) is 39.1 Å². The number of nitrogens with zero attached hydrogens (tertiary/aromatic N) is 2. The topological polar surface area (TPSA) is 95.7 Å². The van der Waals surface area contributed by atoms with Crippen LogP contribution in [0.1, 0.15) is 48.2 Å². The van der Waals surface area contributed by atoms with Crippen LogP contribution in [0.4, 0.5) is 0 Å². The summed E-state index contributed by atoms with van der Waals surface area (Å²) >= 11 is 0. The van der Waals surface area contributed by atoms with E-state index in [0.717, 1.165) is 17.7 Å². The van der Waals surface area contributed by atoms with E-state index in [9.17, 15) is 14.4 Å². The predicted molar refractivity (Wildman–Crippen MR) is 97.1 cm³/mol. The lowest BCUT2D eigenvalue weighted by Gasteiger charge is -2.29. The summed E-state index contributed by atoms with van der Waals surface area (Å²) in [5.41, 5.74) is 8.38. The fraction of sp³-hybridized carbons (Fsp3) is 0.526. The Hall–Kier alpha value is -2.25. The molecular weight excluding hydrogens is 332 g/mol. The second kappa shape index (κ2) is 6.81. The number of imide groups is 1. The van der Waals surface area contributed by atoms with Crippen molar-refractivity contribution in [3.8, 4) is 0 Å². The van der Waals surface area contributed by atoms with E-state index in [0.29, 0.717) is 25.1 Å². The Morgan fingerprint density at radius 1 is 1.31 bits per heavy atom. The highest BCUT2D eigenvalue weighted by Crippen LogP contribution is 2.28. The summed E-state index contributed by atoms with van der Waals surface area (Å²) in [7, 11) is 2.00. The molecule has 140 valence electrons. The maximum Gasteiger partial charge on any atom is 0.255 e. The van der Waals surface area contributed by atoms with Crippen molar-refractivity contribution in [3.05, 3.63) is 34.9 Å². The van der Waals surface area contributed by atoms with Gasteiger partial charge in [0.25, 0.3) is 5.91 Å². The van der Waals surface area contributed by atoms with Gasteiger partial charge in [-0.1, -0.05) is 12.1 Å². The molecule has 1 aromatic carbocycles. The fourth-order valence-corrected chi connectivity index (χ4v) is 3.76. The third-order valence-electron chi connectivity index (χ3n) is 4.72. The van der Waals surface area contributed by atoms with E-state index >= 15 is 0 Å². The number of amides is 3. The molecule has 7 heteroatoms. The molecule has 0 aliphatic carbocycles. The van der Waals surface area contributed by atoms with Gasteiger partial charge in [-0.3, -0.25) is 19.7 Å². The van der Waals surface area contributed by atoms with Crippen molar-refractivity contribution in [3.63, 3.8) is 0 Å². The van der Waals surface area contributed by atoms with E-state index in [-0.39, 0.29) is 29.7 Å². The third-order valence-corrected chi connectivity index (χ3v) is 4.72.